The Morgan fingerprint density at radius 2 is 1.66 bits per heavy atom. The highest BCUT2D eigenvalue weighted by molar-refractivity contribution is 5.63. The minimum absolute atomic E-state index is 0.0829. The number of hydroxylamine groups is 2. The monoisotopic (exact) mass is 437 g/mol. The molecule has 0 saturated carbocycles. The number of nitrogens with zero attached hydrogens (tertiary/aromatic N) is 1. The summed E-state index contributed by atoms with van der Waals surface area (Å²) in [6.45, 7) is 6.92. The predicted octanol–water partition coefficient (Wildman–Crippen LogP) is 4.37. The number of ether oxygens (including phenoxy) is 4. The number of hydrogen-bond acceptors (Lipinski definition) is 6. The van der Waals surface area contributed by atoms with Crippen molar-refractivity contribution < 1.29 is 23.8 Å². The lowest BCUT2D eigenvalue weighted by atomic mass is 9.83. The van der Waals surface area contributed by atoms with Crippen LogP contribution < -0.4 is 0 Å². The Hall–Kier alpha value is -2.22. The van der Waals surface area contributed by atoms with E-state index in [4.69, 9.17) is 23.8 Å². The first kappa shape index (κ1) is 21.6. The fraction of sp³-hybridized carbons (Fsp3) is 0.462. The molecule has 0 N–H and O–H groups in total. The normalized spacial score (nSPS) is 33.7. The Labute approximate surface area is 189 Å². The van der Waals surface area contributed by atoms with Crippen molar-refractivity contribution >= 4 is 5.76 Å². The summed E-state index contributed by atoms with van der Waals surface area (Å²) in [4.78, 5) is 6.24. The fourth-order valence-electron chi connectivity index (χ4n) is 4.93. The van der Waals surface area contributed by atoms with Crippen molar-refractivity contribution in [2.24, 2.45) is 5.92 Å². The quantitative estimate of drug-likeness (QED) is 0.669. The van der Waals surface area contributed by atoms with Gasteiger partial charge in [-0.15, -0.1) is 5.06 Å². The average Bonchev–Trinajstić information content (AvgIpc) is 3.39. The molecule has 2 aromatic carbocycles. The summed E-state index contributed by atoms with van der Waals surface area (Å²) in [5, 5.41) is 1.87. The highest BCUT2D eigenvalue weighted by Gasteiger charge is 2.61. The molecule has 6 nitrogen and oxygen atoms in total. The van der Waals surface area contributed by atoms with Gasteiger partial charge in [-0.05, 0) is 25.5 Å². The van der Waals surface area contributed by atoms with Crippen molar-refractivity contribution in [1.29, 1.82) is 0 Å². The highest BCUT2D eigenvalue weighted by Crippen LogP contribution is 2.48. The third-order valence-electron chi connectivity index (χ3n) is 6.56. The lowest BCUT2D eigenvalue weighted by molar-refractivity contribution is -0.241. The van der Waals surface area contributed by atoms with Crippen molar-refractivity contribution in [2.75, 3.05) is 13.7 Å². The second-order valence-corrected chi connectivity index (χ2v) is 9.32. The second kappa shape index (κ2) is 8.28. The van der Waals surface area contributed by atoms with E-state index in [2.05, 4.69) is 25.1 Å². The van der Waals surface area contributed by atoms with Gasteiger partial charge in [0.2, 0.25) is 0 Å². The first-order valence-corrected chi connectivity index (χ1v) is 11.2. The Kier molecular flexibility index (Phi) is 5.60. The molecule has 5 rings (SSSR count). The summed E-state index contributed by atoms with van der Waals surface area (Å²) in [6.07, 6.45) is 1.37. The minimum Gasteiger partial charge on any atom is -0.405 e. The predicted molar refractivity (Wildman–Crippen MR) is 120 cm³/mol. The largest absolute Gasteiger partial charge is 0.405 e. The van der Waals surface area contributed by atoms with Gasteiger partial charge in [-0.2, -0.15) is 0 Å². The van der Waals surface area contributed by atoms with Crippen LogP contribution >= 0.6 is 0 Å². The van der Waals surface area contributed by atoms with Crippen molar-refractivity contribution in [3.05, 3.63) is 77.9 Å². The van der Waals surface area contributed by atoms with E-state index in [-0.39, 0.29) is 18.1 Å². The van der Waals surface area contributed by atoms with Crippen molar-refractivity contribution in [1.82, 2.24) is 5.06 Å². The molecule has 0 amide bonds. The average molecular weight is 438 g/mol. The molecule has 2 saturated heterocycles. The Morgan fingerprint density at radius 1 is 0.969 bits per heavy atom. The number of hydrogen-bond donors (Lipinski definition) is 0. The Balaban J connectivity index is 1.44. The fourth-order valence-corrected chi connectivity index (χ4v) is 4.93. The molecule has 0 bridgehead atoms. The van der Waals surface area contributed by atoms with Gasteiger partial charge in [-0.3, -0.25) is 0 Å². The van der Waals surface area contributed by atoms with Crippen LogP contribution in [-0.4, -0.2) is 48.5 Å². The van der Waals surface area contributed by atoms with Crippen LogP contribution in [0.25, 0.3) is 5.76 Å². The zero-order chi connectivity index (χ0) is 22.3. The summed E-state index contributed by atoms with van der Waals surface area (Å²) in [6, 6.07) is 20.3. The zero-order valence-corrected chi connectivity index (χ0v) is 19.1. The van der Waals surface area contributed by atoms with E-state index in [1.165, 1.54) is 0 Å². The molecule has 32 heavy (non-hydrogen) atoms. The smallest absolute Gasteiger partial charge is 0.187 e. The van der Waals surface area contributed by atoms with Gasteiger partial charge >= 0.3 is 0 Å². The van der Waals surface area contributed by atoms with Gasteiger partial charge in [0, 0.05) is 18.5 Å². The van der Waals surface area contributed by atoms with Crippen molar-refractivity contribution in [2.45, 2.75) is 57.2 Å². The van der Waals surface area contributed by atoms with Crippen LogP contribution in [0.4, 0.5) is 0 Å². The minimum atomic E-state index is -0.644. The van der Waals surface area contributed by atoms with Gasteiger partial charge in [0.25, 0.3) is 0 Å². The second-order valence-electron chi connectivity index (χ2n) is 9.32. The van der Waals surface area contributed by atoms with E-state index < -0.39 is 17.6 Å². The first-order valence-electron chi connectivity index (χ1n) is 11.2. The summed E-state index contributed by atoms with van der Waals surface area (Å²) < 4.78 is 24.9. The van der Waals surface area contributed by atoms with E-state index >= 15 is 0 Å². The lowest BCUT2D eigenvalue weighted by Crippen LogP contribution is -2.56. The van der Waals surface area contributed by atoms with E-state index in [9.17, 15) is 0 Å². The van der Waals surface area contributed by atoms with E-state index in [0.717, 1.165) is 16.9 Å². The molecule has 3 aliphatic heterocycles. The van der Waals surface area contributed by atoms with E-state index in [1.54, 1.807) is 0 Å². The highest BCUT2D eigenvalue weighted by atomic mass is 16.8. The summed E-state index contributed by atoms with van der Waals surface area (Å²) in [5.41, 5.74) is 1.52. The maximum Gasteiger partial charge on any atom is 0.187 e. The maximum atomic E-state index is 6.48. The molecule has 3 heterocycles. The molecule has 0 spiro atoms. The molecule has 5 atom stereocenters. The Bertz CT molecular complexity index is 963. The van der Waals surface area contributed by atoms with Gasteiger partial charge < -0.3 is 23.8 Å². The molecule has 0 aromatic heterocycles. The molecule has 170 valence electrons. The van der Waals surface area contributed by atoms with Crippen molar-refractivity contribution in [3.8, 4) is 0 Å². The zero-order valence-electron chi connectivity index (χ0n) is 19.1. The van der Waals surface area contributed by atoms with Crippen LogP contribution in [0.15, 0.2) is 66.7 Å². The number of benzene rings is 2. The van der Waals surface area contributed by atoms with Gasteiger partial charge in [0.15, 0.2) is 17.8 Å². The number of likely N-dealkylation sites (N-methyl/N-ethyl adjacent to an activating group) is 1. The lowest BCUT2D eigenvalue weighted by Gasteiger charge is -2.39. The summed E-state index contributed by atoms with van der Waals surface area (Å²) >= 11 is 0. The third kappa shape index (κ3) is 3.87. The maximum absolute atomic E-state index is 6.48. The van der Waals surface area contributed by atoms with Crippen molar-refractivity contribution in [3.63, 3.8) is 0 Å². The van der Waals surface area contributed by atoms with E-state index in [1.807, 2.05) is 74.5 Å². The third-order valence-corrected chi connectivity index (χ3v) is 6.56. The van der Waals surface area contributed by atoms with Crippen LogP contribution in [0.3, 0.4) is 0 Å². The van der Waals surface area contributed by atoms with Crippen LogP contribution in [0.2, 0.25) is 0 Å². The Morgan fingerprint density at radius 3 is 2.34 bits per heavy atom. The van der Waals surface area contributed by atoms with Crippen LogP contribution in [0.5, 0.6) is 0 Å². The molecule has 2 aromatic rings. The van der Waals surface area contributed by atoms with Crippen LogP contribution in [0.1, 0.15) is 31.9 Å². The molecule has 2 fully saturated rings. The standard InChI is InChI=1S/C26H31NO5/c1-18-22-24(31-25(2,3)30-22)29-23(18)26(17-28-16-19-11-7-5-8-12-19)15-21(32-27(26)4)20-13-9-6-10-14-20/h5-15,18,22-24H,16-17H2,1-4H3/t18-,22+,23-,24+,26?/m0/s1. The summed E-state index contributed by atoms with van der Waals surface area (Å²) in [5.74, 6) is 0.236. The van der Waals surface area contributed by atoms with Gasteiger partial charge in [-0.1, -0.05) is 67.6 Å². The van der Waals surface area contributed by atoms with Gasteiger partial charge in [0.1, 0.15) is 11.6 Å². The molecule has 3 aliphatic rings. The molecule has 0 radical (unpaired) electrons. The molecule has 1 unspecified atom stereocenters. The molecular formula is C26H31NO5. The van der Waals surface area contributed by atoms with Gasteiger partial charge in [-0.25, -0.2) is 0 Å². The van der Waals surface area contributed by atoms with E-state index in [0.29, 0.717) is 13.2 Å². The summed E-state index contributed by atoms with van der Waals surface area (Å²) in [7, 11) is 1.94. The van der Waals surface area contributed by atoms with Crippen LogP contribution in [-0.2, 0) is 30.4 Å². The topological polar surface area (TPSA) is 49.4 Å². The SMILES string of the molecule is C[C@H]1[C@H]2OC(C)(C)O[C@H]2O[C@@H]1C1(COCc2ccccc2)C=C(c2ccccc2)ON1C. The first-order chi connectivity index (χ1) is 15.4. The number of fused-ring (bicyclic) bond motifs is 1. The van der Waals surface area contributed by atoms with Gasteiger partial charge in [0.05, 0.1) is 19.3 Å². The molecular weight excluding hydrogens is 406 g/mol. The molecule has 6 heteroatoms. The van der Waals surface area contributed by atoms with Crippen LogP contribution in [0, 0.1) is 5.92 Å². The number of rotatable bonds is 6. The molecule has 0 aliphatic carbocycles.